The lowest BCUT2D eigenvalue weighted by molar-refractivity contribution is -0.141. The molecule has 1 atom stereocenters. The molecule has 31 heavy (non-hydrogen) atoms. The maximum atomic E-state index is 12.7. The number of carbonyl (C=O) groups excluding carboxylic acids is 2. The van der Waals surface area contributed by atoms with Gasteiger partial charge in [-0.3, -0.25) is 9.59 Å². The van der Waals surface area contributed by atoms with Crippen LogP contribution in [0.1, 0.15) is 39.4 Å². The zero-order valence-electron chi connectivity index (χ0n) is 16.9. The lowest BCUT2D eigenvalue weighted by atomic mass is 10.0. The quantitative estimate of drug-likeness (QED) is 0.653. The molecule has 0 saturated carbocycles. The van der Waals surface area contributed by atoms with E-state index in [4.69, 9.17) is 4.52 Å². The van der Waals surface area contributed by atoms with Crippen molar-refractivity contribution in [2.45, 2.75) is 25.8 Å². The predicted molar refractivity (Wildman–Crippen MR) is 113 cm³/mol. The molecule has 8 nitrogen and oxygen atoms in total. The molecule has 8 heteroatoms. The number of nitrogens with one attached hydrogen (secondary N) is 1. The van der Waals surface area contributed by atoms with E-state index in [1.807, 2.05) is 24.3 Å². The van der Waals surface area contributed by atoms with E-state index in [9.17, 15) is 19.5 Å². The fraction of sp³-hybridized carbons (Fsp3) is 0.217. The number of amides is 2. The lowest BCUT2D eigenvalue weighted by Gasteiger charge is -2.21. The molecule has 0 bridgehead atoms. The van der Waals surface area contributed by atoms with Crippen molar-refractivity contribution < 1.29 is 24.0 Å². The number of carboxylic acid groups (broad SMARTS) is 1. The summed E-state index contributed by atoms with van der Waals surface area (Å²) < 4.78 is 4.91. The first-order valence-electron chi connectivity index (χ1n) is 9.91. The summed E-state index contributed by atoms with van der Waals surface area (Å²) in [5.74, 6) is -1.02. The molecule has 4 rings (SSSR count). The van der Waals surface area contributed by atoms with Gasteiger partial charge in [0.15, 0.2) is 5.69 Å². The first kappa shape index (κ1) is 20.3. The number of carboxylic acids is 1. The Bertz CT molecular complexity index is 1120. The van der Waals surface area contributed by atoms with Gasteiger partial charge in [0.2, 0.25) is 0 Å². The minimum atomic E-state index is -0.965. The van der Waals surface area contributed by atoms with Crippen LogP contribution in [0.15, 0.2) is 59.1 Å². The van der Waals surface area contributed by atoms with E-state index < -0.39 is 12.0 Å². The molecule has 1 fully saturated rings. The molecular formula is C23H21N3O5. The van der Waals surface area contributed by atoms with Crippen LogP contribution in [0.25, 0.3) is 11.1 Å². The second-order valence-electron chi connectivity index (χ2n) is 7.43. The second-order valence-corrected chi connectivity index (χ2v) is 7.43. The van der Waals surface area contributed by atoms with Gasteiger partial charge in [0.25, 0.3) is 11.8 Å². The van der Waals surface area contributed by atoms with Crippen LogP contribution in [0.3, 0.4) is 0 Å². The molecule has 1 aromatic heterocycles. The topological polar surface area (TPSA) is 113 Å². The van der Waals surface area contributed by atoms with Crippen LogP contribution in [0, 0.1) is 6.92 Å². The number of aliphatic carboxylic acids is 1. The van der Waals surface area contributed by atoms with Crippen LogP contribution in [-0.2, 0) is 4.79 Å². The molecule has 1 saturated heterocycles. The largest absolute Gasteiger partial charge is 0.480 e. The van der Waals surface area contributed by atoms with E-state index in [1.54, 1.807) is 37.3 Å². The summed E-state index contributed by atoms with van der Waals surface area (Å²) in [6, 6.07) is 15.2. The Morgan fingerprint density at radius 1 is 1.06 bits per heavy atom. The summed E-state index contributed by atoms with van der Waals surface area (Å²) in [6.07, 6.45) is 1.18. The molecule has 2 aromatic carbocycles. The van der Waals surface area contributed by atoms with Gasteiger partial charge in [0, 0.05) is 23.9 Å². The molecule has 0 spiro atoms. The molecule has 0 aliphatic carbocycles. The summed E-state index contributed by atoms with van der Waals surface area (Å²) >= 11 is 0. The zero-order chi connectivity index (χ0) is 22.0. The molecule has 3 aromatic rings. The summed E-state index contributed by atoms with van der Waals surface area (Å²) in [7, 11) is 0. The molecule has 2 amide bonds. The number of rotatable bonds is 5. The highest BCUT2D eigenvalue weighted by molar-refractivity contribution is 6.03. The third-order valence-corrected chi connectivity index (χ3v) is 5.27. The summed E-state index contributed by atoms with van der Waals surface area (Å²) in [4.78, 5) is 37.6. The highest BCUT2D eigenvalue weighted by Crippen LogP contribution is 2.24. The molecule has 0 radical (unpaired) electrons. The molecule has 2 N–H and O–H groups in total. The Labute approximate surface area is 178 Å². The molecular weight excluding hydrogens is 398 g/mol. The van der Waals surface area contributed by atoms with E-state index in [-0.39, 0.29) is 17.5 Å². The van der Waals surface area contributed by atoms with Crippen LogP contribution in [-0.4, -0.2) is 45.5 Å². The maximum absolute atomic E-state index is 12.7. The number of hydrogen-bond acceptors (Lipinski definition) is 5. The third kappa shape index (κ3) is 4.32. The van der Waals surface area contributed by atoms with Crippen LogP contribution in [0.5, 0.6) is 0 Å². The van der Waals surface area contributed by atoms with Gasteiger partial charge in [-0.15, -0.1) is 0 Å². The highest BCUT2D eigenvalue weighted by atomic mass is 16.5. The number of aryl methyl sites for hydroxylation is 1. The van der Waals surface area contributed by atoms with Gasteiger partial charge >= 0.3 is 5.97 Å². The Morgan fingerprint density at radius 3 is 2.29 bits per heavy atom. The number of aromatic nitrogens is 1. The Balaban J connectivity index is 1.43. The number of benzene rings is 2. The Kier molecular flexibility index (Phi) is 5.53. The Hall–Kier alpha value is -3.94. The minimum absolute atomic E-state index is 0.213. The van der Waals surface area contributed by atoms with Crippen molar-refractivity contribution >= 4 is 23.5 Å². The fourth-order valence-corrected chi connectivity index (χ4v) is 3.65. The molecule has 0 unspecified atom stereocenters. The highest BCUT2D eigenvalue weighted by Gasteiger charge is 2.34. The van der Waals surface area contributed by atoms with Crippen LogP contribution in [0.2, 0.25) is 0 Å². The zero-order valence-corrected chi connectivity index (χ0v) is 16.9. The average Bonchev–Trinajstić information content (AvgIpc) is 3.43. The van der Waals surface area contributed by atoms with E-state index in [2.05, 4.69) is 10.5 Å². The number of nitrogens with zero attached hydrogens (tertiary/aromatic N) is 2. The summed E-state index contributed by atoms with van der Waals surface area (Å²) in [6.45, 7) is 2.17. The summed E-state index contributed by atoms with van der Waals surface area (Å²) in [5.41, 5.74) is 3.11. The van der Waals surface area contributed by atoms with Gasteiger partial charge in [-0.05, 0) is 55.2 Å². The van der Waals surface area contributed by atoms with Crippen molar-refractivity contribution in [1.82, 2.24) is 10.1 Å². The van der Waals surface area contributed by atoms with Gasteiger partial charge in [0.1, 0.15) is 11.8 Å². The molecule has 1 aliphatic heterocycles. The van der Waals surface area contributed by atoms with Crippen LogP contribution < -0.4 is 5.32 Å². The monoisotopic (exact) mass is 419 g/mol. The Morgan fingerprint density at radius 2 is 1.71 bits per heavy atom. The van der Waals surface area contributed by atoms with Crippen molar-refractivity contribution in [3.63, 3.8) is 0 Å². The van der Waals surface area contributed by atoms with Crippen molar-refractivity contribution in [3.05, 3.63) is 71.6 Å². The van der Waals surface area contributed by atoms with Gasteiger partial charge in [-0.25, -0.2) is 4.79 Å². The molecule has 2 heterocycles. The maximum Gasteiger partial charge on any atom is 0.326 e. The van der Waals surface area contributed by atoms with E-state index >= 15 is 0 Å². The van der Waals surface area contributed by atoms with Gasteiger partial charge < -0.3 is 19.8 Å². The van der Waals surface area contributed by atoms with Crippen molar-refractivity contribution in [2.24, 2.45) is 0 Å². The van der Waals surface area contributed by atoms with E-state index in [0.717, 1.165) is 11.1 Å². The van der Waals surface area contributed by atoms with Gasteiger partial charge in [-0.1, -0.05) is 29.4 Å². The first-order chi connectivity index (χ1) is 14.9. The smallest absolute Gasteiger partial charge is 0.326 e. The average molecular weight is 419 g/mol. The number of anilines is 1. The van der Waals surface area contributed by atoms with Gasteiger partial charge in [0.05, 0.1) is 0 Å². The fourth-order valence-electron chi connectivity index (χ4n) is 3.65. The number of carbonyl (C=O) groups is 3. The molecule has 1 aliphatic rings. The van der Waals surface area contributed by atoms with Crippen molar-refractivity contribution in [3.8, 4) is 11.1 Å². The third-order valence-electron chi connectivity index (χ3n) is 5.27. The standard InChI is InChI=1S/C23H21N3O5/c1-14-13-19(25-31-14)21(27)24-18-10-8-16(9-11-18)15-4-6-17(7-5-15)22(28)26-12-2-3-20(26)23(29)30/h4-11,13,20H,2-3,12H2,1H3,(H,24,27)(H,29,30)/t20-/m0/s1. The van der Waals surface area contributed by atoms with Crippen molar-refractivity contribution in [2.75, 3.05) is 11.9 Å². The van der Waals surface area contributed by atoms with E-state index in [0.29, 0.717) is 36.4 Å². The van der Waals surface area contributed by atoms with Crippen molar-refractivity contribution in [1.29, 1.82) is 0 Å². The first-order valence-corrected chi connectivity index (χ1v) is 9.91. The summed E-state index contributed by atoms with van der Waals surface area (Å²) in [5, 5.41) is 15.7. The SMILES string of the molecule is Cc1cc(C(=O)Nc2ccc(-c3ccc(C(=O)N4CCC[C@H]4C(=O)O)cc3)cc2)no1. The number of hydrogen-bond donors (Lipinski definition) is 2. The van der Waals surface area contributed by atoms with Gasteiger partial charge in [-0.2, -0.15) is 0 Å². The lowest BCUT2D eigenvalue weighted by Crippen LogP contribution is -2.40. The van der Waals surface area contributed by atoms with Crippen LogP contribution in [0.4, 0.5) is 5.69 Å². The normalized spacial score (nSPS) is 15.6. The number of likely N-dealkylation sites (tertiary alicyclic amines) is 1. The minimum Gasteiger partial charge on any atom is -0.480 e. The predicted octanol–water partition coefficient (Wildman–Crippen LogP) is 3.59. The molecule has 158 valence electrons. The second kappa shape index (κ2) is 8.43. The van der Waals surface area contributed by atoms with E-state index in [1.165, 1.54) is 4.90 Å². The van der Waals surface area contributed by atoms with Crippen LogP contribution >= 0.6 is 0 Å².